The zero-order chi connectivity index (χ0) is 16.1. The third-order valence-electron chi connectivity index (χ3n) is 2.87. The summed E-state index contributed by atoms with van der Waals surface area (Å²) in [7, 11) is 0. The van der Waals surface area contributed by atoms with Crippen LogP contribution in [0.4, 0.5) is 5.69 Å². The van der Waals surface area contributed by atoms with Crippen molar-refractivity contribution in [1.29, 1.82) is 0 Å². The summed E-state index contributed by atoms with van der Waals surface area (Å²) < 4.78 is 5.59. The first-order valence-electron chi connectivity index (χ1n) is 6.60. The van der Waals surface area contributed by atoms with Crippen LogP contribution in [0.3, 0.4) is 0 Å². The molecule has 0 unspecified atom stereocenters. The SMILES string of the molecule is CCC(=O)Nc1ccc(Oc2ccc(C(=O)O)cc2)c(Cl)c1. The van der Waals surface area contributed by atoms with E-state index < -0.39 is 5.97 Å². The third kappa shape index (κ3) is 3.99. The molecule has 2 rings (SSSR count). The molecule has 2 aromatic carbocycles. The fourth-order valence-corrected chi connectivity index (χ4v) is 1.92. The van der Waals surface area contributed by atoms with Gasteiger partial charge in [0, 0.05) is 12.1 Å². The summed E-state index contributed by atoms with van der Waals surface area (Å²) in [5.41, 5.74) is 0.765. The molecule has 0 heterocycles. The van der Waals surface area contributed by atoms with Gasteiger partial charge in [-0.1, -0.05) is 18.5 Å². The number of anilines is 1. The van der Waals surface area contributed by atoms with Gasteiger partial charge in [-0.15, -0.1) is 0 Å². The van der Waals surface area contributed by atoms with Gasteiger partial charge >= 0.3 is 5.97 Å². The summed E-state index contributed by atoms with van der Waals surface area (Å²) in [6.07, 6.45) is 0.381. The standard InChI is InChI=1S/C16H14ClNO4/c1-2-15(19)18-11-5-8-14(13(17)9-11)22-12-6-3-10(4-7-12)16(20)21/h3-9H,2H2,1H3,(H,18,19)(H,20,21). The molecule has 0 saturated heterocycles. The maximum absolute atomic E-state index is 11.3. The summed E-state index contributed by atoms with van der Waals surface area (Å²) in [6.45, 7) is 1.76. The highest BCUT2D eigenvalue weighted by molar-refractivity contribution is 6.32. The fraction of sp³-hybridized carbons (Fsp3) is 0.125. The Morgan fingerprint density at radius 2 is 1.86 bits per heavy atom. The van der Waals surface area contributed by atoms with Gasteiger partial charge in [-0.3, -0.25) is 4.79 Å². The number of rotatable bonds is 5. The van der Waals surface area contributed by atoms with Gasteiger partial charge in [0.05, 0.1) is 10.6 Å². The van der Waals surface area contributed by atoms with E-state index in [0.717, 1.165) is 0 Å². The number of hydrogen-bond donors (Lipinski definition) is 2. The van der Waals surface area contributed by atoms with Gasteiger partial charge in [-0.05, 0) is 42.5 Å². The minimum absolute atomic E-state index is 0.103. The molecule has 2 aromatic rings. The zero-order valence-corrected chi connectivity index (χ0v) is 12.6. The van der Waals surface area contributed by atoms with Crippen molar-refractivity contribution in [2.24, 2.45) is 0 Å². The first kappa shape index (κ1) is 15.9. The van der Waals surface area contributed by atoms with E-state index in [4.69, 9.17) is 21.4 Å². The Morgan fingerprint density at radius 1 is 1.18 bits per heavy atom. The number of nitrogens with one attached hydrogen (secondary N) is 1. The summed E-state index contributed by atoms with van der Waals surface area (Å²) >= 11 is 6.12. The lowest BCUT2D eigenvalue weighted by atomic mass is 10.2. The van der Waals surface area contributed by atoms with Crippen molar-refractivity contribution < 1.29 is 19.4 Å². The molecule has 0 aliphatic carbocycles. The quantitative estimate of drug-likeness (QED) is 0.866. The van der Waals surface area contributed by atoms with Crippen molar-refractivity contribution in [3.8, 4) is 11.5 Å². The Hall–Kier alpha value is -2.53. The number of carbonyl (C=O) groups excluding carboxylic acids is 1. The van der Waals surface area contributed by atoms with Crippen LogP contribution >= 0.6 is 11.6 Å². The van der Waals surface area contributed by atoms with Crippen LogP contribution in [-0.2, 0) is 4.79 Å². The van der Waals surface area contributed by atoms with Crippen LogP contribution in [0.25, 0.3) is 0 Å². The van der Waals surface area contributed by atoms with Gasteiger partial charge in [-0.25, -0.2) is 4.79 Å². The average Bonchev–Trinajstić information content (AvgIpc) is 2.50. The summed E-state index contributed by atoms with van der Waals surface area (Å²) in [5, 5.41) is 11.9. The third-order valence-corrected chi connectivity index (χ3v) is 3.16. The molecular formula is C16H14ClNO4. The summed E-state index contributed by atoms with van der Waals surface area (Å²) in [6, 6.07) is 10.9. The van der Waals surface area contributed by atoms with Crippen LogP contribution < -0.4 is 10.1 Å². The van der Waals surface area contributed by atoms with Crippen LogP contribution in [0.5, 0.6) is 11.5 Å². The molecule has 2 N–H and O–H groups in total. The topological polar surface area (TPSA) is 75.6 Å². The van der Waals surface area contributed by atoms with E-state index in [1.54, 1.807) is 37.3 Å². The number of ether oxygens (including phenoxy) is 1. The Morgan fingerprint density at radius 3 is 2.41 bits per heavy atom. The molecule has 0 saturated carbocycles. The molecule has 6 heteroatoms. The first-order chi connectivity index (χ1) is 10.5. The van der Waals surface area contributed by atoms with Crippen molar-refractivity contribution in [1.82, 2.24) is 0 Å². The Labute approximate surface area is 132 Å². The van der Waals surface area contributed by atoms with E-state index in [2.05, 4.69) is 5.32 Å². The van der Waals surface area contributed by atoms with Gasteiger partial charge in [0.15, 0.2) is 0 Å². The van der Waals surface area contributed by atoms with Gasteiger partial charge in [0.25, 0.3) is 0 Å². The molecule has 0 aliphatic heterocycles. The largest absolute Gasteiger partial charge is 0.478 e. The molecule has 0 atom stereocenters. The average molecular weight is 320 g/mol. The number of carboxylic acids is 1. The second-order valence-electron chi connectivity index (χ2n) is 4.48. The molecule has 22 heavy (non-hydrogen) atoms. The van der Waals surface area contributed by atoms with Crippen LogP contribution in [0.15, 0.2) is 42.5 Å². The minimum atomic E-state index is -0.999. The monoisotopic (exact) mass is 319 g/mol. The normalized spacial score (nSPS) is 10.1. The molecule has 0 fully saturated rings. The smallest absolute Gasteiger partial charge is 0.335 e. The molecule has 0 aromatic heterocycles. The molecule has 0 radical (unpaired) electrons. The van der Waals surface area contributed by atoms with E-state index in [-0.39, 0.29) is 11.5 Å². The van der Waals surface area contributed by atoms with Crippen molar-refractivity contribution >= 4 is 29.2 Å². The maximum Gasteiger partial charge on any atom is 0.335 e. The van der Waals surface area contributed by atoms with Crippen LogP contribution in [-0.4, -0.2) is 17.0 Å². The van der Waals surface area contributed by atoms with E-state index in [1.807, 2.05) is 0 Å². The highest BCUT2D eigenvalue weighted by Crippen LogP contribution is 2.31. The van der Waals surface area contributed by atoms with Gasteiger partial charge in [0.2, 0.25) is 5.91 Å². The van der Waals surface area contributed by atoms with Crippen molar-refractivity contribution in [3.63, 3.8) is 0 Å². The van der Waals surface area contributed by atoms with Crippen molar-refractivity contribution in [2.75, 3.05) is 5.32 Å². The highest BCUT2D eigenvalue weighted by atomic mass is 35.5. The number of aromatic carboxylic acids is 1. The van der Waals surface area contributed by atoms with Crippen molar-refractivity contribution in [3.05, 3.63) is 53.1 Å². The number of carbonyl (C=O) groups is 2. The molecule has 114 valence electrons. The van der Waals surface area contributed by atoms with Crippen LogP contribution in [0, 0.1) is 0 Å². The molecule has 0 spiro atoms. The lowest BCUT2D eigenvalue weighted by molar-refractivity contribution is -0.115. The molecular weight excluding hydrogens is 306 g/mol. The second kappa shape index (κ2) is 6.95. The van der Waals surface area contributed by atoms with Crippen molar-refractivity contribution in [2.45, 2.75) is 13.3 Å². The summed E-state index contributed by atoms with van der Waals surface area (Å²) in [4.78, 5) is 22.1. The Bertz CT molecular complexity index is 698. The Balaban J connectivity index is 2.12. The minimum Gasteiger partial charge on any atom is -0.478 e. The highest BCUT2D eigenvalue weighted by Gasteiger charge is 2.07. The van der Waals surface area contributed by atoms with E-state index in [1.165, 1.54) is 12.1 Å². The van der Waals surface area contributed by atoms with Crippen LogP contribution in [0.1, 0.15) is 23.7 Å². The van der Waals surface area contributed by atoms with Gasteiger partial charge < -0.3 is 15.2 Å². The Kier molecular flexibility index (Phi) is 5.01. The lowest BCUT2D eigenvalue weighted by Gasteiger charge is -2.10. The molecule has 0 bridgehead atoms. The molecule has 0 aliphatic rings. The zero-order valence-electron chi connectivity index (χ0n) is 11.8. The van der Waals surface area contributed by atoms with Crippen LogP contribution in [0.2, 0.25) is 5.02 Å². The van der Waals surface area contributed by atoms with E-state index in [0.29, 0.717) is 28.6 Å². The summed E-state index contributed by atoms with van der Waals surface area (Å²) in [5.74, 6) is -0.217. The first-order valence-corrected chi connectivity index (χ1v) is 6.98. The number of carboxylic acid groups (broad SMARTS) is 1. The second-order valence-corrected chi connectivity index (χ2v) is 4.89. The number of amides is 1. The maximum atomic E-state index is 11.3. The fourth-order valence-electron chi connectivity index (χ4n) is 1.70. The lowest BCUT2D eigenvalue weighted by Crippen LogP contribution is -2.09. The van der Waals surface area contributed by atoms with Gasteiger partial charge in [-0.2, -0.15) is 0 Å². The molecule has 5 nitrogen and oxygen atoms in total. The van der Waals surface area contributed by atoms with E-state index in [9.17, 15) is 9.59 Å². The number of benzene rings is 2. The number of hydrogen-bond acceptors (Lipinski definition) is 3. The predicted octanol–water partition coefficient (Wildman–Crippen LogP) is 4.18. The molecule has 1 amide bonds. The van der Waals surface area contributed by atoms with Gasteiger partial charge in [0.1, 0.15) is 11.5 Å². The predicted molar refractivity (Wildman–Crippen MR) is 83.8 cm³/mol. The van der Waals surface area contributed by atoms with E-state index >= 15 is 0 Å². The number of halogens is 1.